The van der Waals surface area contributed by atoms with Crippen molar-refractivity contribution in [1.29, 1.82) is 5.26 Å². The zero-order chi connectivity index (χ0) is 21.5. The number of nitrogens with zero attached hydrogens (tertiary/aromatic N) is 2. The van der Waals surface area contributed by atoms with Crippen LogP contribution in [0.15, 0.2) is 47.4 Å². The molecule has 0 bridgehead atoms. The lowest BCUT2D eigenvalue weighted by atomic mass is 10.2. The number of ether oxygens (including phenoxy) is 3. The highest BCUT2D eigenvalue weighted by atomic mass is 32.2. The smallest absolute Gasteiger partial charge is 0.293 e. The topological polar surface area (TPSA) is 88.9 Å². The van der Waals surface area contributed by atoms with E-state index in [9.17, 15) is 9.59 Å². The zero-order valence-corrected chi connectivity index (χ0v) is 17.4. The van der Waals surface area contributed by atoms with Crippen molar-refractivity contribution in [2.75, 3.05) is 26.9 Å². The first-order valence-electron chi connectivity index (χ1n) is 9.14. The summed E-state index contributed by atoms with van der Waals surface area (Å²) in [5.41, 5.74) is 1.75. The maximum atomic E-state index is 12.6. The molecule has 1 heterocycles. The number of carbonyl (C=O) groups excluding carboxylic acids is 2. The van der Waals surface area contributed by atoms with Gasteiger partial charge < -0.3 is 14.2 Å². The summed E-state index contributed by atoms with van der Waals surface area (Å²) >= 11 is 0.885. The number of hydrogen-bond donors (Lipinski definition) is 0. The molecule has 0 radical (unpaired) electrons. The predicted octanol–water partition coefficient (Wildman–Crippen LogP) is 4.02. The number of aryl methyl sites for hydroxylation is 1. The van der Waals surface area contributed by atoms with Crippen LogP contribution in [0.4, 0.5) is 4.79 Å². The second kappa shape index (κ2) is 9.85. The first kappa shape index (κ1) is 21.3. The molecule has 8 heteroatoms. The van der Waals surface area contributed by atoms with Crippen LogP contribution in [0.3, 0.4) is 0 Å². The maximum absolute atomic E-state index is 12.6. The second-order valence-electron chi connectivity index (χ2n) is 6.36. The van der Waals surface area contributed by atoms with Crippen molar-refractivity contribution in [1.82, 2.24) is 4.90 Å². The Labute approximate surface area is 178 Å². The first-order valence-corrected chi connectivity index (χ1v) is 9.96. The van der Waals surface area contributed by atoms with Crippen molar-refractivity contribution >= 4 is 29.0 Å². The molecule has 1 saturated heterocycles. The van der Waals surface area contributed by atoms with Crippen LogP contribution in [0.2, 0.25) is 0 Å². The minimum atomic E-state index is -0.360. The average Bonchev–Trinajstić information content (AvgIpc) is 3.00. The van der Waals surface area contributed by atoms with Crippen LogP contribution < -0.4 is 14.2 Å². The van der Waals surface area contributed by atoms with Gasteiger partial charge in [-0.2, -0.15) is 5.26 Å². The second-order valence-corrected chi connectivity index (χ2v) is 7.35. The number of nitriles is 1. The van der Waals surface area contributed by atoms with Gasteiger partial charge in [-0.25, -0.2) is 0 Å². The number of methoxy groups -OCH3 is 1. The van der Waals surface area contributed by atoms with Crippen molar-refractivity contribution in [3.63, 3.8) is 0 Å². The molecule has 30 heavy (non-hydrogen) atoms. The molecule has 7 nitrogen and oxygen atoms in total. The monoisotopic (exact) mass is 424 g/mol. The first-order chi connectivity index (χ1) is 14.5. The molecule has 0 atom stereocenters. The van der Waals surface area contributed by atoms with Crippen molar-refractivity contribution in [2.24, 2.45) is 0 Å². The average molecular weight is 424 g/mol. The summed E-state index contributed by atoms with van der Waals surface area (Å²) < 4.78 is 16.2. The van der Waals surface area contributed by atoms with E-state index in [1.165, 1.54) is 12.0 Å². The molecule has 0 saturated carbocycles. The Hall–Kier alpha value is -3.44. The standard InChI is InChI=1S/C22H20N2O5S/c1-15-4-3-5-17(12-15)28-11-9-24-21(25)20(30-22(24)26)14-16-6-7-18(29-10-8-23)19(13-16)27-2/h3-7,12-14H,9-11H2,1-2H3/b20-14-. The Kier molecular flexibility index (Phi) is 6.99. The number of rotatable bonds is 8. The Bertz CT molecular complexity index is 1030. The van der Waals surface area contributed by atoms with Gasteiger partial charge in [-0.3, -0.25) is 14.5 Å². The highest BCUT2D eigenvalue weighted by Gasteiger charge is 2.34. The van der Waals surface area contributed by atoms with Gasteiger partial charge in [0, 0.05) is 0 Å². The Morgan fingerprint density at radius 3 is 2.70 bits per heavy atom. The van der Waals surface area contributed by atoms with Gasteiger partial charge in [0.25, 0.3) is 11.1 Å². The van der Waals surface area contributed by atoms with Gasteiger partial charge >= 0.3 is 0 Å². The summed E-state index contributed by atoms with van der Waals surface area (Å²) in [5, 5.41) is 8.31. The molecule has 1 fully saturated rings. The van der Waals surface area contributed by atoms with E-state index in [0.717, 1.165) is 17.3 Å². The van der Waals surface area contributed by atoms with Crippen molar-refractivity contribution in [2.45, 2.75) is 6.92 Å². The van der Waals surface area contributed by atoms with Crippen molar-refractivity contribution in [3.8, 4) is 23.3 Å². The van der Waals surface area contributed by atoms with Gasteiger partial charge in [0.05, 0.1) is 18.6 Å². The van der Waals surface area contributed by atoms with Crippen LogP contribution in [-0.2, 0) is 4.79 Å². The number of hydrogen-bond acceptors (Lipinski definition) is 7. The lowest BCUT2D eigenvalue weighted by molar-refractivity contribution is -0.123. The minimum absolute atomic E-state index is 0.0980. The lowest BCUT2D eigenvalue weighted by Crippen LogP contribution is -2.32. The molecule has 0 aliphatic carbocycles. The van der Waals surface area contributed by atoms with Gasteiger partial charge in [0.15, 0.2) is 18.1 Å². The molecule has 0 spiro atoms. The highest BCUT2D eigenvalue weighted by molar-refractivity contribution is 8.18. The Balaban J connectivity index is 1.66. The van der Waals surface area contributed by atoms with Crippen molar-refractivity contribution in [3.05, 3.63) is 58.5 Å². The quantitative estimate of drug-likeness (QED) is 0.591. The molecule has 0 aromatic heterocycles. The molecule has 1 aliphatic rings. The molecule has 2 aromatic carbocycles. The summed E-state index contributed by atoms with van der Waals surface area (Å²) in [5.74, 6) is 1.20. The van der Waals surface area contributed by atoms with Gasteiger partial charge in [-0.15, -0.1) is 0 Å². The fraction of sp³-hybridized carbons (Fsp3) is 0.227. The van der Waals surface area contributed by atoms with Crippen molar-refractivity contribution < 1.29 is 23.8 Å². The number of thioether (sulfide) groups is 1. The summed E-state index contributed by atoms with van der Waals surface area (Å²) in [7, 11) is 1.49. The van der Waals surface area contributed by atoms with E-state index in [1.54, 1.807) is 24.3 Å². The van der Waals surface area contributed by atoms with E-state index in [0.29, 0.717) is 27.7 Å². The molecule has 3 rings (SSSR count). The summed E-state index contributed by atoms with van der Waals surface area (Å²) in [6, 6.07) is 14.5. The third-order valence-electron chi connectivity index (χ3n) is 4.22. The zero-order valence-electron chi connectivity index (χ0n) is 16.6. The Morgan fingerprint density at radius 2 is 1.97 bits per heavy atom. The third kappa shape index (κ3) is 5.13. The van der Waals surface area contributed by atoms with Crippen LogP contribution in [-0.4, -0.2) is 42.9 Å². The predicted molar refractivity (Wildman–Crippen MR) is 113 cm³/mol. The van der Waals surface area contributed by atoms with E-state index in [1.807, 2.05) is 37.3 Å². The lowest BCUT2D eigenvalue weighted by Gasteiger charge is -2.13. The molecule has 1 aliphatic heterocycles. The van der Waals surface area contributed by atoms with E-state index >= 15 is 0 Å². The normalized spacial score (nSPS) is 14.7. The third-order valence-corrected chi connectivity index (χ3v) is 5.13. The molecule has 2 amide bonds. The molecule has 0 unspecified atom stereocenters. The van der Waals surface area contributed by atoms with Crippen LogP contribution in [0.25, 0.3) is 6.08 Å². The van der Waals surface area contributed by atoms with Gasteiger partial charge in [0.1, 0.15) is 18.4 Å². The molecular formula is C22H20N2O5S. The van der Waals surface area contributed by atoms with Gasteiger partial charge in [-0.1, -0.05) is 18.2 Å². The van der Waals surface area contributed by atoms with Gasteiger partial charge in [0.2, 0.25) is 0 Å². The number of imide groups is 1. The molecular weight excluding hydrogens is 404 g/mol. The summed E-state index contributed by atoms with van der Waals surface area (Å²) in [4.78, 5) is 26.4. The fourth-order valence-electron chi connectivity index (χ4n) is 2.81. The number of carbonyl (C=O) groups is 2. The van der Waals surface area contributed by atoms with E-state index in [-0.39, 0.29) is 30.9 Å². The van der Waals surface area contributed by atoms with Crippen LogP contribution in [0, 0.1) is 18.3 Å². The molecule has 154 valence electrons. The summed E-state index contributed by atoms with van der Waals surface area (Å²) in [6.07, 6.45) is 1.63. The van der Waals surface area contributed by atoms with E-state index in [2.05, 4.69) is 0 Å². The minimum Gasteiger partial charge on any atom is -0.493 e. The summed E-state index contributed by atoms with van der Waals surface area (Å²) in [6.45, 7) is 2.25. The molecule has 0 N–H and O–H groups in total. The largest absolute Gasteiger partial charge is 0.493 e. The molecule has 2 aromatic rings. The number of amides is 2. The van der Waals surface area contributed by atoms with E-state index in [4.69, 9.17) is 19.5 Å². The fourth-order valence-corrected chi connectivity index (χ4v) is 3.67. The number of benzene rings is 2. The van der Waals surface area contributed by atoms with Crippen LogP contribution in [0.5, 0.6) is 17.2 Å². The SMILES string of the molecule is COc1cc(/C=C2\SC(=O)N(CCOc3cccc(C)c3)C2=O)ccc1OCC#N. The highest BCUT2D eigenvalue weighted by Crippen LogP contribution is 2.34. The Morgan fingerprint density at radius 1 is 1.13 bits per heavy atom. The van der Waals surface area contributed by atoms with Crippen LogP contribution in [0.1, 0.15) is 11.1 Å². The maximum Gasteiger partial charge on any atom is 0.293 e. The van der Waals surface area contributed by atoms with E-state index < -0.39 is 0 Å². The van der Waals surface area contributed by atoms with Gasteiger partial charge in [-0.05, 0) is 60.2 Å². The van der Waals surface area contributed by atoms with Crippen LogP contribution >= 0.6 is 11.8 Å².